The molecule has 1 aliphatic heterocycles. The monoisotopic (exact) mass is 220 g/mol. The number of rotatable bonds is 2. The van der Waals surface area contributed by atoms with Gasteiger partial charge >= 0.3 is 0 Å². The maximum Gasteiger partial charge on any atom is 0.236 e. The Balaban J connectivity index is 2.54. The number of hydrogen-bond donors (Lipinski definition) is 1. The molecule has 0 spiro atoms. The first-order valence-corrected chi connectivity index (χ1v) is 6.50. The maximum atomic E-state index is 11.4. The summed E-state index contributed by atoms with van der Waals surface area (Å²) in [6.07, 6.45) is 0.553. The molecular weight excluding hydrogens is 204 g/mol. The van der Waals surface area contributed by atoms with Gasteiger partial charge < -0.3 is 10.2 Å². The second-order valence-electron chi connectivity index (χ2n) is 3.42. The quantitative estimate of drug-likeness (QED) is 0.638. The highest BCUT2D eigenvalue weighted by atomic mass is 32.2. The molecule has 1 amide bonds. The first kappa shape index (κ1) is 11.5. The van der Waals surface area contributed by atoms with Crippen molar-refractivity contribution in [2.75, 3.05) is 38.2 Å². The molecule has 0 bridgehead atoms. The van der Waals surface area contributed by atoms with Crippen molar-refractivity contribution < 1.29 is 13.2 Å². The highest BCUT2D eigenvalue weighted by Crippen LogP contribution is 2.04. The molecular formula is C8H16N2O3S. The number of nitrogens with zero attached hydrogens (tertiary/aromatic N) is 1. The third-order valence-corrected chi connectivity index (χ3v) is 3.95. The molecule has 0 aliphatic carbocycles. The molecule has 14 heavy (non-hydrogen) atoms. The highest BCUT2D eigenvalue weighted by molar-refractivity contribution is 7.91. The van der Waals surface area contributed by atoms with Crippen molar-refractivity contribution in [3.05, 3.63) is 0 Å². The SMILES string of the molecule is CNCC(=O)N1CCCS(=O)(=O)CC1. The molecule has 0 aromatic carbocycles. The average Bonchev–Trinajstić information content (AvgIpc) is 2.27. The van der Waals surface area contributed by atoms with Crippen molar-refractivity contribution in [1.82, 2.24) is 10.2 Å². The Morgan fingerprint density at radius 1 is 1.36 bits per heavy atom. The summed E-state index contributed by atoms with van der Waals surface area (Å²) < 4.78 is 22.5. The van der Waals surface area contributed by atoms with E-state index in [2.05, 4.69) is 5.32 Å². The Hall–Kier alpha value is -0.620. The van der Waals surface area contributed by atoms with E-state index in [1.165, 1.54) is 0 Å². The molecule has 6 heteroatoms. The second-order valence-corrected chi connectivity index (χ2v) is 5.72. The van der Waals surface area contributed by atoms with E-state index in [0.29, 0.717) is 19.5 Å². The van der Waals surface area contributed by atoms with Crippen LogP contribution in [-0.4, -0.2) is 57.4 Å². The van der Waals surface area contributed by atoms with Crippen molar-refractivity contribution in [2.45, 2.75) is 6.42 Å². The Labute approximate surface area is 84.4 Å². The third kappa shape index (κ3) is 3.26. The molecule has 0 radical (unpaired) electrons. The number of nitrogens with one attached hydrogen (secondary N) is 1. The zero-order chi connectivity index (χ0) is 10.6. The predicted molar refractivity (Wildman–Crippen MR) is 53.8 cm³/mol. The highest BCUT2D eigenvalue weighted by Gasteiger charge is 2.21. The number of amides is 1. The fourth-order valence-corrected chi connectivity index (χ4v) is 2.72. The molecule has 0 aromatic heterocycles. The average molecular weight is 220 g/mol. The number of sulfone groups is 1. The molecule has 0 saturated carbocycles. The van der Waals surface area contributed by atoms with Gasteiger partial charge in [0.1, 0.15) is 0 Å². The van der Waals surface area contributed by atoms with E-state index in [1.54, 1.807) is 11.9 Å². The van der Waals surface area contributed by atoms with Crippen LogP contribution in [0.15, 0.2) is 0 Å². The maximum absolute atomic E-state index is 11.4. The topological polar surface area (TPSA) is 66.5 Å². The second kappa shape index (κ2) is 4.75. The van der Waals surface area contributed by atoms with Crippen LogP contribution >= 0.6 is 0 Å². The molecule has 5 nitrogen and oxygen atoms in total. The van der Waals surface area contributed by atoms with Crippen LogP contribution in [0.5, 0.6) is 0 Å². The minimum Gasteiger partial charge on any atom is -0.341 e. The molecule has 0 aromatic rings. The molecule has 0 unspecified atom stereocenters. The lowest BCUT2D eigenvalue weighted by Crippen LogP contribution is -2.38. The minimum atomic E-state index is -2.91. The summed E-state index contributed by atoms with van der Waals surface area (Å²) in [4.78, 5) is 13.0. The van der Waals surface area contributed by atoms with Crippen LogP contribution < -0.4 is 5.32 Å². The number of carbonyl (C=O) groups excluding carboxylic acids is 1. The fraction of sp³-hybridized carbons (Fsp3) is 0.875. The zero-order valence-corrected chi connectivity index (χ0v) is 9.14. The van der Waals surface area contributed by atoms with Crippen LogP contribution in [0.2, 0.25) is 0 Å². The van der Waals surface area contributed by atoms with Gasteiger partial charge in [-0.15, -0.1) is 0 Å². The van der Waals surface area contributed by atoms with Crippen molar-refractivity contribution in [3.8, 4) is 0 Å². The zero-order valence-electron chi connectivity index (χ0n) is 8.32. The Bertz CT molecular complexity index is 300. The van der Waals surface area contributed by atoms with E-state index in [4.69, 9.17) is 0 Å². The fourth-order valence-electron chi connectivity index (χ4n) is 1.45. The normalized spacial score (nSPS) is 21.6. The molecule has 1 aliphatic rings. The van der Waals surface area contributed by atoms with E-state index in [-0.39, 0.29) is 24.0 Å². The van der Waals surface area contributed by atoms with Crippen LogP contribution in [0.4, 0.5) is 0 Å². The lowest BCUT2D eigenvalue weighted by atomic mass is 10.4. The lowest BCUT2D eigenvalue weighted by Gasteiger charge is -2.19. The number of likely N-dealkylation sites (N-methyl/N-ethyl adjacent to an activating group) is 1. The Morgan fingerprint density at radius 3 is 2.71 bits per heavy atom. The molecule has 1 N–H and O–H groups in total. The summed E-state index contributed by atoms with van der Waals surface area (Å²) in [6.45, 7) is 1.17. The van der Waals surface area contributed by atoms with E-state index < -0.39 is 9.84 Å². The Morgan fingerprint density at radius 2 is 2.07 bits per heavy atom. The van der Waals surface area contributed by atoms with Crippen LogP contribution in [-0.2, 0) is 14.6 Å². The van der Waals surface area contributed by atoms with Crippen molar-refractivity contribution in [1.29, 1.82) is 0 Å². The van der Waals surface area contributed by atoms with Crippen molar-refractivity contribution in [3.63, 3.8) is 0 Å². The smallest absolute Gasteiger partial charge is 0.236 e. The largest absolute Gasteiger partial charge is 0.341 e. The number of hydrogen-bond acceptors (Lipinski definition) is 4. The van der Waals surface area contributed by atoms with Gasteiger partial charge in [-0.3, -0.25) is 4.79 Å². The van der Waals surface area contributed by atoms with E-state index in [9.17, 15) is 13.2 Å². The van der Waals surface area contributed by atoms with Gasteiger partial charge in [0.05, 0.1) is 18.1 Å². The molecule has 0 atom stereocenters. The summed E-state index contributed by atoms with van der Waals surface area (Å²) in [5.74, 6) is 0.281. The summed E-state index contributed by atoms with van der Waals surface area (Å²) in [5.41, 5.74) is 0. The van der Waals surface area contributed by atoms with Gasteiger partial charge in [0.15, 0.2) is 9.84 Å². The predicted octanol–water partition coefficient (Wildman–Crippen LogP) is -1.15. The van der Waals surface area contributed by atoms with Gasteiger partial charge in [0.25, 0.3) is 0 Å². The first-order chi connectivity index (χ1) is 6.55. The van der Waals surface area contributed by atoms with Gasteiger partial charge in [0.2, 0.25) is 5.91 Å². The number of carbonyl (C=O) groups is 1. The van der Waals surface area contributed by atoms with Crippen LogP contribution in [0.3, 0.4) is 0 Å². The Kier molecular flexibility index (Phi) is 3.88. The van der Waals surface area contributed by atoms with Gasteiger partial charge in [0, 0.05) is 13.1 Å². The first-order valence-electron chi connectivity index (χ1n) is 4.68. The minimum absolute atomic E-state index is 0.0235. The summed E-state index contributed by atoms with van der Waals surface area (Å²) in [5, 5.41) is 2.77. The summed E-state index contributed by atoms with van der Waals surface area (Å²) in [7, 11) is -1.21. The van der Waals surface area contributed by atoms with Gasteiger partial charge in [-0.25, -0.2) is 8.42 Å². The van der Waals surface area contributed by atoms with Crippen LogP contribution in [0, 0.1) is 0 Å². The standard InChI is InChI=1S/C8H16N2O3S/c1-9-7-8(11)10-3-2-5-14(12,13)6-4-10/h9H,2-7H2,1H3. The van der Waals surface area contributed by atoms with Gasteiger partial charge in [-0.2, -0.15) is 0 Å². The van der Waals surface area contributed by atoms with E-state index >= 15 is 0 Å². The molecule has 1 fully saturated rings. The van der Waals surface area contributed by atoms with Crippen molar-refractivity contribution >= 4 is 15.7 Å². The third-order valence-electron chi connectivity index (χ3n) is 2.24. The summed E-state index contributed by atoms with van der Waals surface area (Å²) >= 11 is 0. The van der Waals surface area contributed by atoms with Crippen molar-refractivity contribution in [2.24, 2.45) is 0 Å². The lowest BCUT2D eigenvalue weighted by molar-refractivity contribution is -0.129. The summed E-state index contributed by atoms with van der Waals surface area (Å²) in [6, 6.07) is 0. The van der Waals surface area contributed by atoms with Crippen LogP contribution in [0.25, 0.3) is 0 Å². The van der Waals surface area contributed by atoms with Gasteiger partial charge in [-0.1, -0.05) is 0 Å². The molecule has 1 heterocycles. The van der Waals surface area contributed by atoms with Crippen LogP contribution in [0.1, 0.15) is 6.42 Å². The van der Waals surface area contributed by atoms with Gasteiger partial charge in [-0.05, 0) is 13.5 Å². The van der Waals surface area contributed by atoms with E-state index in [0.717, 1.165) is 0 Å². The molecule has 1 rings (SSSR count). The molecule has 82 valence electrons. The molecule has 1 saturated heterocycles. The van der Waals surface area contributed by atoms with E-state index in [1.807, 2.05) is 0 Å².